The van der Waals surface area contributed by atoms with E-state index in [0.29, 0.717) is 77.3 Å². The zero-order valence-corrected chi connectivity index (χ0v) is 21.0. The lowest BCUT2D eigenvalue weighted by Gasteiger charge is -2.27. The SMILES string of the molecule is CCOCc1nc2c(N)nc3ccccc3c2n1CC(C)(C)OCCOCCOCCOCCO. The maximum Gasteiger partial charge on any atom is 0.152 e. The quantitative estimate of drug-likeness (QED) is 0.275. The molecular weight excluding hydrogens is 452 g/mol. The van der Waals surface area contributed by atoms with Gasteiger partial charge in [0.1, 0.15) is 17.9 Å². The fraction of sp³-hybridized carbons (Fsp3) is 0.600. The van der Waals surface area contributed by atoms with Gasteiger partial charge >= 0.3 is 0 Å². The topological polar surface area (TPSA) is 123 Å². The number of ether oxygens (including phenoxy) is 5. The van der Waals surface area contributed by atoms with E-state index in [-0.39, 0.29) is 6.61 Å². The Morgan fingerprint density at radius 1 is 0.914 bits per heavy atom. The summed E-state index contributed by atoms with van der Waals surface area (Å²) in [6.45, 7) is 10.7. The largest absolute Gasteiger partial charge is 0.394 e. The van der Waals surface area contributed by atoms with E-state index in [2.05, 4.69) is 9.55 Å². The van der Waals surface area contributed by atoms with E-state index < -0.39 is 5.60 Å². The number of benzene rings is 1. The summed E-state index contributed by atoms with van der Waals surface area (Å²) < 4.78 is 30.2. The van der Waals surface area contributed by atoms with Gasteiger partial charge in [0.05, 0.1) is 76.0 Å². The second kappa shape index (κ2) is 13.7. The van der Waals surface area contributed by atoms with E-state index in [0.717, 1.165) is 22.2 Å². The predicted octanol–water partition coefficient (Wildman–Crippen LogP) is 2.54. The van der Waals surface area contributed by atoms with Gasteiger partial charge in [-0.1, -0.05) is 18.2 Å². The van der Waals surface area contributed by atoms with Crippen LogP contribution >= 0.6 is 0 Å². The molecule has 3 aromatic rings. The number of fused-ring (bicyclic) bond motifs is 3. The third kappa shape index (κ3) is 7.83. The molecule has 0 saturated carbocycles. The van der Waals surface area contributed by atoms with Crippen molar-refractivity contribution in [2.24, 2.45) is 0 Å². The number of pyridine rings is 1. The van der Waals surface area contributed by atoms with Crippen molar-refractivity contribution in [2.75, 3.05) is 65.2 Å². The molecule has 2 heterocycles. The Balaban J connectivity index is 1.60. The molecule has 0 atom stereocenters. The van der Waals surface area contributed by atoms with Gasteiger partial charge in [0.2, 0.25) is 0 Å². The number of imidazole rings is 1. The number of hydrogen-bond acceptors (Lipinski definition) is 9. The number of para-hydroxylation sites is 1. The van der Waals surface area contributed by atoms with Gasteiger partial charge in [-0.15, -0.1) is 0 Å². The van der Waals surface area contributed by atoms with E-state index in [1.165, 1.54) is 0 Å². The van der Waals surface area contributed by atoms with Crippen molar-refractivity contribution >= 4 is 27.8 Å². The minimum absolute atomic E-state index is 0.0201. The lowest BCUT2D eigenvalue weighted by molar-refractivity contribution is -0.0617. The molecule has 0 bridgehead atoms. The standard InChI is InChI=1S/C25H38N4O6/c1-4-31-17-21-28-22-23(19-7-5-6-8-20(19)27-24(22)26)29(21)18-25(2,3)35-16-15-34-14-13-33-12-11-32-10-9-30/h5-8,30H,4,9-18H2,1-3H3,(H2,26,27). The zero-order valence-electron chi connectivity index (χ0n) is 21.0. The van der Waals surface area contributed by atoms with Crippen LogP contribution in [0.1, 0.15) is 26.6 Å². The Bertz CT molecular complexity index is 1060. The molecule has 0 aliphatic heterocycles. The zero-order chi connectivity index (χ0) is 25.1. The molecular formula is C25H38N4O6. The summed E-state index contributed by atoms with van der Waals surface area (Å²) in [5.41, 5.74) is 8.23. The number of hydrogen-bond donors (Lipinski definition) is 2. The van der Waals surface area contributed by atoms with Crippen LogP contribution in [0.25, 0.3) is 21.9 Å². The molecule has 0 unspecified atom stereocenters. The van der Waals surface area contributed by atoms with Gasteiger partial charge in [-0.05, 0) is 26.8 Å². The molecule has 0 aliphatic carbocycles. The van der Waals surface area contributed by atoms with Gasteiger partial charge in [0.25, 0.3) is 0 Å². The van der Waals surface area contributed by atoms with Gasteiger partial charge in [-0.25, -0.2) is 9.97 Å². The van der Waals surface area contributed by atoms with E-state index in [4.69, 9.17) is 39.5 Å². The first-order valence-corrected chi connectivity index (χ1v) is 12.1. The molecule has 0 saturated heterocycles. The van der Waals surface area contributed by atoms with Crippen LogP contribution < -0.4 is 5.73 Å². The van der Waals surface area contributed by atoms with Crippen molar-refractivity contribution < 1.29 is 28.8 Å². The van der Waals surface area contributed by atoms with Crippen LogP contribution in [-0.2, 0) is 36.8 Å². The average molecular weight is 491 g/mol. The minimum Gasteiger partial charge on any atom is -0.394 e. The molecule has 0 amide bonds. The summed E-state index contributed by atoms with van der Waals surface area (Å²) in [5, 5.41) is 9.64. The van der Waals surface area contributed by atoms with Crippen LogP contribution in [0.2, 0.25) is 0 Å². The van der Waals surface area contributed by atoms with Crippen LogP contribution in [0.15, 0.2) is 24.3 Å². The van der Waals surface area contributed by atoms with Crippen LogP contribution in [-0.4, -0.2) is 84.7 Å². The molecule has 0 aliphatic rings. The van der Waals surface area contributed by atoms with Crippen molar-refractivity contribution in [2.45, 2.75) is 39.5 Å². The smallest absolute Gasteiger partial charge is 0.152 e. The van der Waals surface area contributed by atoms with E-state index in [1.807, 2.05) is 45.0 Å². The Hall–Kier alpha value is -2.34. The Morgan fingerprint density at radius 3 is 2.26 bits per heavy atom. The number of nitrogen functional groups attached to an aromatic ring is 1. The lowest BCUT2D eigenvalue weighted by atomic mass is 10.1. The summed E-state index contributed by atoms with van der Waals surface area (Å²) >= 11 is 0. The second-order valence-electron chi connectivity index (χ2n) is 8.63. The highest BCUT2D eigenvalue weighted by Crippen LogP contribution is 2.30. The first-order chi connectivity index (χ1) is 17.0. The summed E-state index contributed by atoms with van der Waals surface area (Å²) in [7, 11) is 0. The molecule has 2 aromatic heterocycles. The normalized spacial score (nSPS) is 12.2. The van der Waals surface area contributed by atoms with E-state index in [1.54, 1.807) is 0 Å². The summed E-state index contributed by atoms with van der Waals surface area (Å²) in [4.78, 5) is 9.31. The molecule has 0 fully saturated rings. The first kappa shape index (κ1) is 27.3. The number of nitrogens with two attached hydrogens (primary N) is 1. The molecule has 194 valence electrons. The van der Waals surface area contributed by atoms with E-state index in [9.17, 15) is 0 Å². The first-order valence-electron chi connectivity index (χ1n) is 12.1. The highest BCUT2D eigenvalue weighted by atomic mass is 16.6. The highest BCUT2D eigenvalue weighted by molar-refractivity contribution is 6.06. The summed E-state index contributed by atoms with van der Waals surface area (Å²) in [5.74, 6) is 1.20. The maximum absolute atomic E-state index is 8.65. The monoisotopic (exact) mass is 490 g/mol. The van der Waals surface area contributed by atoms with Crippen molar-refractivity contribution in [1.29, 1.82) is 0 Å². The number of nitrogens with zero attached hydrogens (tertiary/aromatic N) is 3. The Morgan fingerprint density at radius 2 is 1.57 bits per heavy atom. The summed E-state index contributed by atoms with van der Waals surface area (Å²) in [6, 6.07) is 7.93. The fourth-order valence-electron chi connectivity index (χ4n) is 3.79. The molecule has 0 spiro atoms. The van der Waals surface area contributed by atoms with Gasteiger partial charge < -0.3 is 39.1 Å². The molecule has 10 heteroatoms. The van der Waals surface area contributed by atoms with Crippen LogP contribution in [0.3, 0.4) is 0 Å². The van der Waals surface area contributed by atoms with Gasteiger partial charge in [0, 0.05) is 12.0 Å². The molecule has 1 aromatic carbocycles. The van der Waals surface area contributed by atoms with Crippen molar-refractivity contribution in [3.63, 3.8) is 0 Å². The fourth-order valence-corrected chi connectivity index (χ4v) is 3.79. The van der Waals surface area contributed by atoms with Crippen molar-refractivity contribution in [3.05, 3.63) is 30.1 Å². The maximum atomic E-state index is 8.65. The molecule has 0 radical (unpaired) electrons. The van der Waals surface area contributed by atoms with Crippen LogP contribution in [0.4, 0.5) is 5.82 Å². The van der Waals surface area contributed by atoms with Gasteiger partial charge in [-0.3, -0.25) is 0 Å². The average Bonchev–Trinajstić information content (AvgIpc) is 3.19. The minimum atomic E-state index is -0.488. The van der Waals surface area contributed by atoms with Crippen LogP contribution in [0, 0.1) is 0 Å². The summed E-state index contributed by atoms with van der Waals surface area (Å²) in [6.07, 6.45) is 0. The number of aliphatic hydroxyl groups excluding tert-OH is 1. The van der Waals surface area contributed by atoms with Crippen molar-refractivity contribution in [3.8, 4) is 0 Å². The molecule has 35 heavy (non-hydrogen) atoms. The van der Waals surface area contributed by atoms with Gasteiger partial charge in [0.15, 0.2) is 5.82 Å². The Kier molecular flexibility index (Phi) is 10.6. The number of anilines is 1. The van der Waals surface area contributed by atoms with E-state index >= 15 is 0 Å². The number of aliphatic hydroxyl groups is 1. The van der Waals surface area contributed by atoms with Crippen LogP contribution in [0.5, 0.6) is 0 Å². The third-order valence-corrected chi connectivity index (χ3v) is 5.36. The molecule has 3 rings (SSSR count). The molecule has 3 N–H and O–H groups in total. The highest BCUT2D eigenvalue weighted by Gasteiger charge is 2.25. The number of aromatic nitrogens is 3. The Labute approximate surface area is 206 Å². The molecule has 10 nitrogen and oxygen atoms in total. The third-order valence-electron chi connectivity index (χ3n) is 5.36. The van der Waals surface area contributed by atoms with Gasteiger partial charge in [-0.2, -0.15) is 0 Å². The second-order valence-corrected chi connectivity index (χ2v) is 8.63. The van der Waals surface area contributed by atoms with Crippen molar-refractivity contribution in [1.82, 2.24) is 14.5 Å². The number of rotatable bonds is 17. The lowest BCUT2D eigenvalue weighted by Crippen LogP contribution is -2.32. The predicted molar refractivity (Wildman–Crippen MR) is 134 cm³/mol.